The third-order valence-corrected chi connectivity index (χ3v) is 7.04. The van der Waals surface area contributed by atoms with Gasteiger partial charge in [-0.1, -0.05) is 91.0 Å². The van der Waals surface area contributed by atoms with Crippen LogP contribution in [0.25, 0.3) is 56.0 Å². The quantitative estimate of drug-likeness (QED) is 0.174. The molecule has 2 aromatic heterocycles. The van der Waals surface area contributed by atoms with E-state index in [0.717, 1.165) is 50.4 Å². The molecule has 0 bridgehead atoms. The van der Waals surface area contributed by atoms with Crippen LogP contribution in [0, 0.1) is 10.1 Å². The summed E-state index contributed by atoms with van der Waals surface area (Å²) >= 11 is 0. The zero-order chi connectivity index (χ0) is 26.3. The summed E-state index contributed by atoms with van der Waals surface area (Å²) in [4.78, 5) is 17.0. The SMILES string of the molecule is O=[N+]([O-])c1ccccc1-c1cccc2c1c1c(nc(-c3ccccc3)n1-c1ccccc1)n2-c1ccccc1. The Morgan fingerprint density at radius 3 is 1.82 bits per heavy atom. The number of rotatable bonds is 5. The van der Waals surface area contributed by atoms with E-state index >= 15 is 0 Å². The van der Waals surface area contributed by atoms with Gasteiger partial charge < -0.3 is 0 Å². The number of benzene rings is 5. The van der Waals surface area contributed by atoms with Gasteiger partial charge in [0.15, 0.2) is 5.65 Å². The summed E-state index contributed by atoms with van der Waals surface area (Å²) in [5.74, 6) is 0.802. The molecule has 6 nitrogen and oxygen atoms in total. The van der Waals surface area contributed by atoms with Crippen LogP contribution in [0.1, 0.15) is 0 Å². The van der Waals surface area contributed by atoms with Crippen molar-refractivity contribution in [2.75, 3.05) is 0 Å². The number of nitrogens with zero attached hydrogens (tertiary/aromatic N) is 4. The lowest BCUT2D eigenvalue weighted by atomic mass is 9.99. The van der Waals surface area contributed by atoms with Crippen molar-refractivity contribution in [2.24, 2.45) is 0 Å². The molecule has 2 heterocycles. The molecule has 7 aromatic rings. The van der Waals surface area contributed by atoms with Gasteiger partial charge in [0.25, 0.3) is 5.69 Å². The van der Waals surface area contributed by atoms with Crippen molar-refractivity contribution >= 4 is 27.8 Å². The predicted molar refractivity (Wildman–Crippen MR) is 155 cm³/mol. The second-order valence-electron chi connectivity index (χ2n) is 9.29. The Morgan fingerprint density at radius 2 is 1.15 bits per heavy atom. The van der Waals surface area contributed by atoms with Gasteiger partial charge in [0, 0.05) is 34.0 Å². The van der Waals surface area contributed by atoms with Gasteiger partial charge in [-0.15, -0.1) is 0 Å². The molecule has 0 atom stereocenters. The lowest BCUT2D eigenvalue weighted by Gasteiger charge is -2.12. The van der Waals surface area contributed by atoms with Gasteiger partial charge in [-0.05, 0) is 36.4 Å². The summed E-state index contributed by atoms with van der Waals surface area (Å²) in [5.41, 5.74) is 6.95. The number of fused-ring (bicyclic) bond motifs is 3. The van der Waals surface area contributed by atoms with Crippen LogP contribution in [0.4, 0.5) is 5.69 Å². The zero-order valence-electron chi connectivity index (χ0n) is 20.8. The minimum absolute atomic E-state index is 0.0691. The molecule has 7 rings (SSSR count). The van der Waals surface area contributed by atoms with Crippen molar-refractivity contribution in [2.45, 2.75) is 0 Å². The molecule has 0 radical (unpaired) electrons. The molecule has 186 valence electrons. The van der Waals surface area contributed by atoms with E-state index in [1.165, 1.54) is 0 Å². The molecule has 0 amide bonds. The molecule has 0 N–H and O–H groups in total. The third kappa shape index (κ3) is 3.61. The Bertz CT molecular complexity index is 1980. The van der Waals surface area contributed by atoms with Gasteiger partial charge in [0.1, 0.15) is 11.3 Å². The minimum atomic E-state index is -0.316. The highest BCUT2D eigenvalue weighted by atomic mass is 16.6. The Morgan fingerprint density at radius 1 is 0.590 bits per heavy atom. The standard InChI is InChI=1S/C33H22N4O2/c38-37(39)28-21-11-10-19-26(28)27-20-12-22-29-30(27)31-33(35(29)24-15-6-2-7-16-24)34-32(23-13-4-1-5-14-23)36(31)25-17-8-3-9-18-25/h1-22H. The van der Waals surface area contributed by atoms with E-state index in [-0.39, 0.29) is 10.6 Å². The fourth-order valence-corrected chi connectivity index (χ4v) is 5.41. The summed E-state index contributed by atoms with van der Waals surface area (Å²) in [6.07, 6.45) is 0. The van der Waals surface area contributed by atoms with E-state index in [2.05, 4.69) is 51.6 Å². The molecule has 39 heavy (non-hydrogen) atoms. The highest BCUT2D eigenvalue weighted by Gasteiger charge is 2.26. The Kier molecular flexibility index (Phi) is 5.30. The maximum absolute atomic E-state index is 12.1. The summed E-state index contributed by atoms with van der Waals surface area (Å²) < 4.78 is 4.32. The first-order valence-electron chi connectivity index (χ1n) is 12.7. The summed E-state index contributed by atoms with van der Waals surface area (Å²) in [7, 11) is 0. The molecule has 0 spiro atoms. The number of hydrogen-bond donors (Lipinski definition) is 0. The van der Waals surface area contributed by atoms with Gasteiger partial charge in [-0.25, -0.2) is 4.98 Å². The van der Waals surface area contributed by atoms with E-state index in [9.17, 15) is 10.1 Å². The normalized spacial score (nSPS) is 11.3. The van der Waals surface area contributed by atoms with Crippen LogP contribution in [0.2, 0.25) is 0 Å². The van der Waals surface area contributed by atoms with Crippen molar-refractivity contribution in [3.8, 4) is 33.9 Å². The van der Waals surface area contributed by atoms with E-state index in [0.29, 0.717) is 5.56 Å². The average Bonchev–Trinajstić information content (AvgIpc) is 3.53. The van der Waals surface area contributed by atoms with Gasteiger partial charge in [0.05, 0.1) is 16.0 Å². The maximum atomic E-state index is 12.1. The van der Waals surface area contributed by atoms with Crippen LogP contribution in [0.5, 0.6) is 0 Å². The smallest absolute Gasteiger partial charge is 0.277 e. The second kappa shape index (κ2) is 9.11. The van der Waals surface area contributed by atoms with Crippen molar-refractivity contribution in [1.29, 1.82) is 0 Å². The largest absolute Gasteiger partial charge is 0.293 e. The third-order valence-electron chi connectivity index (χ3n) is 7.04. The predicted octanol–water partition coefficient (Wildman–Crippen LogP) is 8.21. The number of aromatic nitrogens is 3. The topological polar surface area (TPSA) is 65.9 Å². The van der Waals surface area contributed by atoms with Crippen LogP contribution in [0.3, 0.4) is 0 Å². The van der Waals surface area contributed by atoms with E-state index in [1.54, 1.807) is 12.1 Å². The van der Waals surface area contributed by atoms with Crippen molar-refractivity contribution < 1.29 is 4.92 Å². The van der Waals surface area contributed by atoms with Crippen molar-refractivity contribution in [1.82, 2.24) is 14.1 Å². The van der Waals surface area contributed by atoms with Gasteiger partial charge in [-0.2, -0.15) is 0 Å². The zero-order valence-corrected chi connectivity index (χ0v) is 20.8. The average molecular weight is 507 g/mol. The lowest BCUT2D eigenvalue weighted by molar-refractivity contribution is -0.384. The lowest BCUT2D eigenvalue weighted by Crippen LogP contribution is -1.99. The molecule has 0 saturated carbocycles. The van der Waals surface area contributed by atoms with Gasteiger partial charge in [0.2, 0.25) is 0 Å². The summed E-state index contributed by atoms with van der Waals surface area (Å²) in [5, 5.41) is 13.0. The fourth-order valence-electron chi connectivity index (χ4n) is 5.41. The molecule has 5 aromatic carbocycles. The maximum Gasteiger partial charge on any atom is 0.277 e. The summed E-state index contributed by atoms with van der Waals surface area (Å²) in [6, 6.07) is 43.3. The van der Waals surface area contributed by atoms with Crippen molar-refractivity contribution in [3.63, 3.8) is 0 Å². The molecule has 0 fully saturated rings. The highest BCUT2D eigenvalue weighted by molar-refractivity contribution is 6.15. The second-order valence-corrected chi connectivity index (χ2v) is 9.29. The number of hydrogen-bond acceptors (Lipinski definition) is 3. The Hall–Kier alpha value is -5.49. The summed E-state index contributed by atoms with van der Waals surface area (Å²) in [6.45, 7) is 0. The first-order valence-corrected chi connectivity index (χ1v) is 12.7. The molecule has 0 aliphatic rings. The van der Waals surface area contributed by atoms with Crippen molar-refractivity contribution in [3.05, 3.63) is 144 Å². The van der Waals surface area contributed by atoms with Crippen LogP contribution in [-0.4, -0.2) is 19.0 Å². The first-order chi connectivity index (χ1) is 19.2. The van der Waals surface area contributed by atoms with Crippen LogP contribution < -0.4 is 0 Å². The molecular weight excluding hydrogens is 484 g/mol. The van der Waals surface area contributed by atoms with E-state index < -0.39 is 0 Å². The molecule has 0 unspecified atom stereocenters. The van der Waals surface area contributed by atoms with E-state index in [1.807, 2.05) is 78.9 Å². The van der Waals surface area contributed by atoms with Crippen LogP contribution >= 0.6 is 0 Å². The van der Waals surface area contributed by atoms with Gasteiger partial charge >= 0.3 is 0 Å². The van der Waals surface area contributed by atoms with E-state index in [4.69, 9.17) is 4.98 Å². The minimum Gasteiger partial charge on any atom is -0.293 e. The highest BCUT2D eigenvalue weighted by Crippen LogP contribution is 2.43. The monoisotopic (exact) mass is 506 g/mol. The number of para-hydroxylation sites is 3. The fraction of sp³-hybridized carbons (Fsp3) is 0. The molecule has 6 heteroatoms. The molecular formula is C33H22N4O2. The van der Waals surface area contributed by atoms with Crippen LogP contribution in [0.15, 0.2) is 133 Å². The van der Waals surface area contributed by atoms with Crippen LogP contribution in [-0.2, 0) is 0 Å². The Balaban J connectivity index is 1.71. The first kappa shape index (κ1) is 22.7. The number of nitro benzene ring substituents is 1. The molecule has 0 saturated heterocycles. The number of nitro groups is 1. The molecule has 0 aliphatic heterocycles. The van der Waals surface area contributed by atoms with Gasteiger partial charge in [-0.3, -0.25) is 19.2 Å². The Labute approximate surface area is 224 Å². The molecule has 0 aliphatic carbocycles. The number of imidazole rings is 1.